The van der Waals surface area contributed by atoms with Gasteiger partial charge in [0.25, 0.3) is 11.8 Å². The van der Waals surface area contributed by atoms with E-state index in [1.807, 2.05) is 13.8 Å². The third-order valence-corrected chi connectivity index (χ3v) is 4.96. The molecule has 3 rings (SSSR count). The van der Waals surface area contributed by atoms with Crippen LogP contribution < -0.4 is 14.8 Å². The van der Waals surface area contributed by atoms with E-state index in [1.165, 1.54) is 16.2 Å². The summed E-state index contributed by atoms with van der Waals surface area (Å²) in [5.41, 5.74) is 0.793. The Morgan fingerprint density at radius 1 is 1.10 bits per heavy atom. The van der Waals surface area contributed by atoms with Crippen molar-refractivity contribution in [3.05, 3.63) is 64.1 Å². The molecule has 0 saturated carbocycles. The minimum Gasteiger partial charge on any atom is -0.491 e. The average molecular weight is 460 g/mol. The van der Waals surface area contributed by atoms with E-state index in [4.69, 9.17) is 21.1 Å². The fourth-order valence-electron chi connectivity index (χ4n) is 2.66. The Morgan fingerprint density at radius 3 is 2.45 bits per heavy atom. The van der Waals surface area contributed by atoms with Gasteiger partial charge in [0.2, 0.25) is 0 Å². The average Bonchev–Trinajstić information content (AvgIpc) is 3.21. The molecule has 0 atom stereocenters. The fraction of sp³-hybridized carbons (Fsp3) is 0.227. The molecule has 0 saturated heterocycles. The van der Waals surface area contributed by atoms with Gasteiger partial charge in [0, 0.05) is 42.9 Å². The van der Waals surface area contributed by atoms with Crippen molar-refractivity contribution in [1.29, 1.82) is 0 Å². The lowest BCUT2D eigenvalue weighted by atomic mass is 10.1. The molecule has 0 fully saturated rings. The van der Waals surface area contributed by atoms with E-state index >= 15 is 0 Å². The first-order chi connectivity index (χ1) is 14.7. The first-order valence-corrected chi connectivity index (χ1v) is 10.7. The molecule has 0 radical (unpaired) electrons. The molecule has 7 nitrogen and oxygen atoms in total. The maximum absolute atomic E-state index is 12.7. The number of halogens is 1. The van der Waals surface area contributed by atoms with Crippen LogP contribution in [0, 0.1) is 0 Å². The summed E-state index contributed by atoms with van der Waals surface area (Å²) in [6.45, 7) is 3.78. The minimum absolute atomic E-state index is 0.0926. The van der Waals surface area contributed by atoms with Gasteiger partial charge >= 0.3 is 0 Å². The maximum atomic E-state index is 12.7. The topological polar surface area (TPSA) is 80.8 Å². The number of hydrogen-bond donors (Lipinski definition) is 1. The van der Waals surface area contributed by atoms with Crippen LogP contribution in [-0.2, 0) is 0 Å². The molecule has 0 spiro atoms. The van der Waals surface area contributed by atoms with Crippen LogP contribution in [-0.4, -0.2) is 41.9 Å². The van der Waals surface area contributed by atoms with Crippen molar-refractivity contribution in [1.82, 2.24) is 9.88 Å². The van der Waals surface area contributed by atoms with E-state index in [9.17, 15) is 9.59 Å². The van der Waals surface area contributed by atoms with Crippen LogP contribution in [0.1, 0.15) is 34.6 Å². The standard InChI is InChI=1S/C22H22ClN3O4S/c1-13(2)29-16-9-15(20(27)25-22-24-7-8-31-22)10-17(12-16)30-19-6-5-14(11-18(19)23)21(28)26(3)4/h5-13H,1-4H3,(H,24,25,27). The van der Waals surface area contributed by atoms with Gasteiger partial charge in [-0.2, -0.15) is 0 Å². The van der Waals surface area contributed by atoms with Crippen LogP contribution in [0.3, 0.4) is 0 Å². The van der Waals surface area contributed by atoms with E-state index in [0.29, 0.717) is 33.5 Å². The number of rotatable bonds is 7. The molecule has 0 aliphatic rings. The van der Waals surface area contributed by atoms with Crippen LogP contribution >= 0.6 is 22.9 Å². The van der Waals surface area contributed by atoms with Gasteiger partial charge in [-0.05, 0) is 44.2 Å². The molecule has 2 aromatic carbocycles. The van der Waals surface area contributed by atoms with Crippen LogP contribution in [0.15, 0.2) is 48.0 Å². The molecule has 0 aliphatic heterocycles. The van der Waals surface area contributed by atoms with Gasteiger partial charge < -0.3 is 14.4 Å². The lowest BCUT2D eigenvalue weighted by Gasteiger charge is -2.15. The maximum Gasteiger partial charge on any atom is 0.257 e. The highest BCUT2D eigenvalue weighted by molar-refractivity contribution is 7.13. The van der Waals surface area contributed by atoms with Gasteiger partial charge in [0.15, 0.2) is 5.13 Å². The number of carbonyl (C=O) groups excluding carboxylic acids is 2. The number of ether oxygens (including phenoxy) is 2. The number of amides is 2. The molecule has 2 amide bonds. The van der Waals surface area contributed by atoms with Gasteiger partial charge in [-0.25, -0.2) is 4.98 Å². The highest BCUT2D eigenvalue weighted by Crippen LogP contribution is 2.33. The number of hydrogen-bond acceptors (Lipinski definition) is 6. The highest BCUT2D eigenvalue weighted by Gasteiger charge is 2.15. The van der Waals surface area contributed by atoms with Crippen molar-refractivity contribution in [2.75, 3.05) is 19.4 Å². The molecule has 162 valence electrons. The number of benzene rings is 2. The Labute approximate surface area is 189 Å². The van der Waals surface area contributed by atoms with Crippen LogP contribution in [0.25, 0.3) is 0 Å². The summed E-state index contributed by atoms with van der Waals surface area (Å²) in [4.78, 5) is 30.3. The number of thiazole rings is 1. The SMILES string of the molecule is CC(C)Oc1cc(Oc2ccc(C(=O)N(C)C)cc2Cl)cc(C(=O)Nc2nccs2)c1. The van der Waals surface area contributed by atoms with Crippen LogP contribution in [0.5, 0.6) is 17.2 Å². The summed E-state index contributed by atoms with van der Waals surface area (Å²) in [5, 5.41) is 5.28. The fourth-order valence-corrected chi connectivity index (χ4v) is 3.40. The zero-order valence-electron chi connectivity index (χ0n) is 17.5. The van der Waals surface area contributed by atoms with Gasteiger partial charge in [0.05, 0.1) is 11.1 Å². The molecule has 0 unspecified atom stereocenters. The van der Waals surface area contributed by atoms with Crippen molar-refractivity contribution >= 4 is 39.9 Å². The monoisotopic (exact) mass is 459 g/mol. The predicted octanol–water partition coefficient (Wildman–Crippen LogP) is 5.33. The highest BCUT2D eigenvalue weighted by atomic mass is 35.5. The summed E-state index contributed by atoms with van der Waals surface area (Å²) in [7, 11) is 3.33. The molecular weight excluding hydrogens is 438 g/mol. The second-order valence-corrected chi connectivity index (χ2v) is 8.40. The molecular formula is C22H22ClN3O4S. The molecule has 1 aromatic heterocycles. The van der Waals surface area contributed by atoms with Gasteiger partial charge in [-0.3, -0.25) is 14.9 Å². The zero-order chi connectivity index (χ0) is 22.5. The summed E-state index contributed by atoms with van der Waals surface area (Å²) >= 11 is 7.66. The van der Waals surface area contributed by atoms with Crippen LogP contribution in [0.2, 0.25) is 5.02 Å². The lowest BCUT2D eigenvalue weighted by molar-refractivity contribution is 0.0827. The molecule has 0 bridgehead atoms. The van der Waals surface area contributed by atoms with Gasteiger partial charge in [0.1, 0.15) is 17.2 Å². The largest absolute Gasteiger partial charge is 0.491 e. The van der Waals surface area contributed by atoms with E-state index < -0.39 is 0 Å². The molecule has 9 heteroatoms. The van der Waals surface area contributed by atoms with Crippen molar-refractivity contribution in [3.63, 3.8) is 0 Å². The number of nitrogens with one attached hydrogen (secondary N) is 1. The number of aromatic nitrogens is 1. The second-order valence-electron chi connectivity index (χ2n) is 7.10. The Hall–Kier alpha value is -3.10. The lowest BCUT2D eigenvalue weighted by Crippen LogP contribution is -2.21. The minimum atomic E-state index is -0.341. The quantitative estimate of drug-likeness (QED) is 0.516. The van der Waals surface area contributed by atoms with Gasteiger partial charge in [-0.1, -0.05) is 11.6 Å². The Balaban J connectivity index is 1.89. The second kappa shape index (κ2) is 9.80. The molecule has 1 heterocycles. The number of nitrogens with zero attached hydrogens (tertiary/aromatic N) is 2. The zero-order valence-corrected chi connectivity index (χ0v) is 19.1. The van der Waals surface area contributed by atoms with Gasteiger partial charge in [-0.15, -0.1) is 11.3 Å². The Kier molecular flexibility index (Phi) is 7.14. The van der Waals surface area contributed by atoms with Crippen LogP contribution in [0.4, 0.5) is 5.13 Å². The molecule has 3 aromatic rings. The summed E-state index contributed by atoms with van der Waals surface area (Å²) in [6, 6.07) is 9.69. The van der Waals surface area contributed by atoms with E-state index in [0.717, 1.165) is 0 Å². The number of anilines is 1. The third-order valence-electron chi connectivity index (χ3n) is 3.98. The summed E-state index contributed by atoms with van der Waals surface area (Å²) < 4.78 is 11.7. The van der Waals surface area contributed by atoms with E-state index in [1.54, 1.807) is 62.1 Å². The molecule has 0 aliphatic carbocycles. The summed E-state index contributed by atoms with van der Waals surface area (Å²) in [6.07, 6.45) is 1.52. The first kappa shape index (κ1) is 22.6. The van der Waals surface area contributed by atoms with Crippen molar-refractivity contribution in [2.24, 2.45) is 0 Å². The predicted molar refractivity (Wildman–Crippen MR) is 122 cm³/mol. The summed E-state index contributed by atoms with van der Waals surface area (Å²) in [5.74, 6) is 0.697. The van der Waals surface area contributed by atoms with Crippen molar-refractivity contribution in [2.45, 2.75) is 20.0 Å². The number of carbonyl (C=O) groups is 2. The Morgan fingerprint density at radius 2 is 1.84 bits per heavy atom. The van der Waals surface area contributed by atoms with Crippen molar-refractivity contribution < 1.29 is 19.1 Å². The third kappa shape index (κ3) is 5.96. The van der Waals surface area contributed by atoms with E-state index in [2.05, 4.69) is 10.3 Å². The smallest absolute Gasteiger partial charge is 0.257 e. The normalized spacial score (nSPS) is 10.6. The molecule has 1 N–H and O–H groups in total. The van der Waals surface area contributed by atoms with E-state index in [-0.39, 0.29) is 22.9 Å². The van der Waals surface area contributed by atoms with Crippen molar-refractivity contribution in [3.8, 4) is 17.2 Å². The first-order valence-electron chi connectivity index (χ1n) is 9.44. The Bertz CT molecular complexity index is 1080. The molecule has 31 heavy (non-hydrogen) atoms.